The van der Waals surface area contributed by atoms with E-state index in [9.17, 15) is 4.79 Å². The van der Waals surface area contributed by atoms with Crippen LogP contribution in [0.15, 0.2) is 60.7 Å². The largest absolute Gasteiger partial charge is 0.328 e. The van der Waals surface area contributed by atoms with Gasteiger partial charge in [0.2, 0.25) is 0 Å². The molecule has 27 heavy (non-hydrogen) atoms. The standard InChI is InChI=1S/C23H31N3O/c1-22(2)15-19(24)16-23(3,4)26(22)21(27)25-20(17-11-7-5-8-12-17)18-13-9-6-10-14-18/h5-14,19-20H,15-16,24H2,1-4H3,(H,25,27). The number of hydrogen-bond donors (Lipinski definition) is 2. The lowest BCUT2D eigenvalue weighted by molar-refractivity contribution is 0.00245. The van der Waals surface area contributed by atoms with Crippen LogP contribution < -0.4 is 11.1 Å². The number of carbonyl (C=O) groups is 1. The van der Waals surface area contributed by atoms with Crippen molar-refractivity contribution >= 4 is 6.03 Å². The minimum atomic E-state index is -0.302. The van der Waals surface area contributed by atoms with E-state index < -0.39 is 0 Å². The number of nitrogens with one attached hydrogen (secondary N) is 1. The Morgan fingerprint density at radius 2 is 1.33 bits per heavy atom. The average Bonchev–Trinajstić information content (AvgIpc) is 2.58. The number of rotatable bonds is 3. The number of carbonyl (C=O) groups excluding carboxylic acids is 1. The molecule has 0 aromatic heterocycles. The third-order valence-electron chi connectivity index (χ3n) is 5.47. The van der Waals surface area contributed by atoms with Crippen LogP contribution >= 0.6 is 0 Å². The van der Waals surface area contributed by atoms with E-state index in [1.54, 1.807) is 0 Å². The Labute approximate surface area is 162 Å². The van der Waals surface area contributed by atoms with E-state index in [0.29, 0.717) is 0 Å². The van der Waals surface area contributed by atoms with Crippen molar-refractivity contribution in [3.8, 4) is 0 Å². The summed E-state index contributed by atoms with van der Waals surface area (Å²) in [4.78, 5) is 15.5. The van der Waals surface area contributed by atoms with Gasteiger partial charge in [-0.25, -0.2) is 4.79 Å². The van der Waals surface area contributed by atoms with Gasteiger partial charge in [-0.05, 0) is 51.7 Å². The minimum absolute atomic E-state index is 0.0467. The Hall–Kier alpha value is -2.33. The maximum atomic E-state index is 13.5. The van der Waals surface area contributed by atoms with Crippen molar-refractivity contribution in [3.63, 3.8) is 0 Å². The minimum Gasteiger partial charge on any atom is -0.328 e. The molecule has 0 atom stereocenters. The molecule has 1 aliphatic rings. The van der Waals surface area contributed by atoms with Gasteiger partial charge in [-0.15, -0.1) is 0 Å². The molecule has 2 aromatic carbocycles. The van der Waals surface area contributed by atoms with Crippen molar-refractivity contribution in [1.82, 2.24) is 10.2 Å². The Bertz CT molecular complexity index is 713. The quantitative estimate of drug-likeness (QED) is 0.843. The molecule has 0 radical (unpaired) electrons. The Balaban J connectivity index is 1.93. The van der Waals surface area contributed by atoms with Crippen molar-refractivity contribution in [2.45, 2.75) is 63.7 Å². The smallest absolute Gasteiger partial charge is 0.319 e. The molecular weight excluding hydrogens is 334 g/mol. The van der Waals surface area contributed by atoms with Crippen molar-refractivity contribution in [2.24, 2.45) is 5.73 Å². The van der Waals surface area contributed by atoms with Crippen LogP contribution in [0.2, 0.25) is 0 Å². The van der Waals surface area contributed by atoms with E-state index in [-0.39, 0.29) is 29.2 Å². The third-order valence-corrected chi connectivity index (χ3v) is 5.47. The predicted molar refractivity (Wildman–Crippen MR) is 110 cm³/mol. The second kappa shape index (κ2) is 7.35. The number of likely N-dealkylation sites (tertiary alicyclic amines) is 1. The van der Waals surface area contributed by atoms with E-state index in [1.807, 2.05) is 41.3 Å². The van der Waals surface area contributed by atoms with Gasteiger partial charge >= 0.3 is 6.03 Å². The molecule has 1 saturated heterocycles. The van der Waals surface area contributed by atoms with Gasteiger partial charge in [0.25, 0.3) is 0 Å². The fraction of sp³-hybridized carbons (Fsp3) is 0.435. The lowest BCUT2D eigenvalue weighted by atomic mass is 9.77. The van der Waals surface area contributed by atoms with Crippen LogP contribution in [-0.2, 0) is 0 Å². The number of urea groups is 1. The molecule has 2 amide bonds. The summed E-state index contributed by atoms with van der Waals surface area (Å²) in [6, 6.07) is 20.1. The zero-order valence-electron chi connectivity index (χ0n) is 16.8. The molecule has 3 rings (SSSR count). The lowest BCUT2D eigenvalue weighted by Crippen LogP contribution is -2.67. The van der Waals surface area contributed by atoms with Crippen LogP contribution in [0, 0.1) is 0 Å². The highest BCUT2D eigenvalue weighted by Crippen LogP contribution is 2.38. The summed E-state index contributed by atoms with van der Waals surface area (Å²) in [7, 11) is 0. The molecule has 1 fully saturated rings. The number of nitrogens with two attached hydrogens (primary N) is 1. The molecule has 0 unspecified atom stereocenters. The molecule has 2 aromatic rings. The van der Waals surface area contributed by atoms with Crippen LogP contribution in [0.25, 0.3) is 0 Å². The van der Waals surface area contributed by atoms with Crippen molar-refractivity contribution in [3.05, 3.63) is 71.8 Å². The molecule has 1 aliphatic heterocycles. The molecule has 0 saturated carbocycles. The van der Waals surface area contributed by atoms with Crippen LogP contribution in [0.3, 0.4) is 0 Å². The highest BCUT2D eigenvalue weighted by Gasteiger charge is 2.47. The van der Waals surface area contributed by atoms with E-state index in [2.05, 4.69) is 57.3 Å². The zero-order chi connectivity index (χ0) is 19.7. The van der Waals surface area contributed by atoms with Gasteiger partial charge in [-0.1, -0.05) is 60.7 Å². The summed E-state index contributed by atoms with van der Waals surface area (Å²) in [6.07, 6.45) is 1.59. The SMILES string of the molecule is CC1(C)CC(N)CC(C)(C)N1C(=O)NC(c1ccccc1)c1ccccc1. The topological polar surface area (TPSA) is 58.4 Å². The van der Waals surface area contributed by atoms with Gasteiger partial charge in [0.15, 0.2) is 0 Å². The molecule has 4 nitrogen and oxygen atoms in total. The first-order chi connectivity index (χ1) is 12.7. The number of hydrogen-bond acceptors (Lipinski definition) is 2. The van der Waals surface area contributed by atoms with Crippen molar-refractivity contribution in [2.75, 3.05) is 0 Å². The van der Waals surface area contributed by atoms with Gasteiger partial charge in [0, 0.05) is 17.1 Å². The van der Waals surface area contributed by atoms with Gasteiger partial charge in [0.1, 0.15) is 0 Å². The second-order valence-corrected chi connectivity index (χ2v) is 8.83. The monoisotopic (exact) mass is 365 g/mol. The summed E-state index contributed by atoms with van der Waals surface area (Å²) >= 11 is 0. The Morgan fingerprint density at radius 3 is 1.74 bits per heavy atom. The number of piperidine rings is 1. The van der Waals surface area contributed by atoms with Gasteiger partial charge in [-0.2, -0.15) is 0 Å². The van der Waals surface area contributed by atoms with E-state index in [4.69, 9.17) is 5.73 Å². The predicted octanol–water partition coefficient (Wildman–Crippen LogP) is 4.47. The lowest BCUT2D eigenvalue weighted by Gasteiger charge is -2.54. The van der Waals surface area contributed by atoms with E-state index >= 15 is 0 Å². The molecule has 1 heterocycles. The van der Waals surface area contributed by atoms with Gasteiger partial charge in [-0.3, -0.25) is 0 Å². The summed E-state index contributed by atoms with van der Waals surface area (Å²) < 4.78 is 0. The Kier molecular flexibility index (Phi) is 5.29. The summed E-state index contributed by atoms with van der Waals surface area (Å²) in [5.74, 6) is 0. The summed E-state index contributed by atoms with van der Waals surface area (Å²) in [5, 5.41) is 3.29. The first-order valence-corrected chi connectivity index (χ1v) is 9.67. The highest BCUT2D eigenvalue weighted by molar-refractivity contribution is 5.77. The second-order valence-electron chi connectivity index (χ2n) is 8.83. The van der Waals surface area contributed by atoms with Crippen LogP contribution in [-0.4, -0.2) is 28.1 Å². The molecule has 0 bridgehead atoms. The first-order valence-electron chi connectivity index (χ1n) is 9.67. The fourth-order valence-corrected chi connectivity index (χ4v) is 4.75. The maximum absolute atomic E-state index is 13.5. The maximum Gasteiger partial charge on any atom is 0.319 e. The van der Waals surface area contributed by atoms with Crippen LogP contribution in [0.4, 0.5) is 4.79 Å². The molecule has 0 aliphatic carbocycles. The highest BCUT2D eigenvalue weighted by atomic mass is 16.2. The van der Waals surface area contributed by atoms with E-state index in [0.717, 1.165) is 24.0 Å². The number of benzene rings is 2. The van der Waals surface area contributed by atoms with Crippen LogP contribution in [0.5, 0.6) is 0 Å². The van der Waals surface area contributed by atoms with E-state index in [1.165, 1.54) is 0 Å². The normalized spacial score (nSPS) is 19.1. The Morgan fingerprint density at radius 1 is 0.926 bits per heavy atom. The zero-order valence-corrected chi connectivity index (χ0v) is 16.8. The molecule has 144 valence electrons. The average molecular weight is 366 g/mol. The fourth-order valence-electron chi connectivity index (χ4n) is 4.75. The third kappa shape index (κ3) is 4.16. The summed E-state index contributed by atoms with van der Waals surface area (Å²) in [5.41, 5.74) is 7.81. The van der Waals surface area contributed by atoms with Gasteiger partial charge < -0.3 is 16.0 Å². The van der Waals surface area contributed by atoms with Crippen LogP contribution in [0.1, 0.15) is 57.7 Å². The summed E-state index contributed by atoms with van der Waals surface area (Å²) in [6.45, 7) is 8.42. The van der Waals surface area contributed by atoms with Crippen molar-refractivity contribution < 1.29 is 4.79 Å². The number of nitrogens with zero attached hydrogens (tertiary/aromatic N) is 1. The number of amides is 2. The van der Waals surface area contributed by atoms with Crippen molar-refractivity contribution in [1.29, 1.82) is 0 Å². The molecule has 4 heteroatoms. The molecule has 3 N–H and O–H groups in total. The van der Waals surface area contributed by atoms with Gasteiger partial charge in [0.05, 0.1) is 6.04 Å². The molecule has 0 spiro atoms. The first kappa shape index (κ1) is 19.4. The molecular formula is C23H31N3O.